The lowest BCUT2D eigenvalue weighted by atomic mass is 10.2. The van der Waals surface area contributed by atoms with Gasteiger partial charge in [0.05, 0.1) is 10.6 Å². The highest BCUT2D eigenvalue weighted by Gasteiger charge is 2.31. The van der Waals surface area contributed by atoms with E-state index < -0.39 is 11.7 Å². The lowest BCUT2D eigenvalue weighted by molar-refractivity contribution is -0.137. The Kier molecular flexibility index (Phi) is 4.37. The van der Waals surface area contributed by atoms with Gasteiger partial charge in [0.1, 0.15) is 5.03 Å². The molecule has 0 saturated carbocycles. The van der Waals surface area contributed by atoms with Gasteiger partial charge in [-0.2, -0.15) is 13.2 Å². The first-order chi connectivity index (χ1) is 8.97. The molecule has 6 heteroatoms. The molecule has 0 unspecified atom stereocenters. The zero-order valence-electron chi connectivity index (χ0n) is 9.62. The Morgan fingerprint density at radius 1 is 1.16 bits per heavy atom. The fourth-order valence-corrected chi connectivity index (χ4v) is 2.56. The zero-order valence-corrected chi connectivity index (χ0v) is 11.2. The molecular formula is C13H9ClF3NS. The number of pyridine rings is 1. The lowest BCUT2D eigenvalue weighted by Gasteiger charge is -2.08. The Morgan fingerprint density at radius 3 is 2.42 bits per heavy atom. The van der Waals surface area contributed by atoms with Gasteiger partial charge in [0.25, 0.3) is 0 Å². The van der Waals surface area contributed by atoms with Gasteiger partial charge in [-0.05, 0) is 11.6 Å². The zero-order chi connectivity index (χ0) is 13.9. The molecule has 19 heavy (non-hydrogen) atoms. The van der Waals surface area contributed by atoms with E-state index in [2.05, 4.69) is 4.98 Å². The van der Waals surface area contributed by atoms with Crippen LogP contribution in [0.2, 0.25) is 5.02 Å². The Morgan fingerprint density at radius 2 is 1.84 bits per heavy atom. The standard InChI is InChI=1S/C13H9ClF3NS/c14-11-6-10(13(15,16)17)7-18-12(11)19-8-9-4-2-1-3-5-9/h1-7H,8H2. The van der Waals surface area contributed by atoms with Gasteiger partial charge in [-0.25, -0.2) is 4.98 Å². The summed E-state index contributed by atoms with van der Waals surface area (Å²) in [6, 6.07) is 10.5. The van der Waals surface area contributed by atoms with Crippen molar-refractivity contribution < 1.29 is 13.2 Å². The largest absolute Gasteiger partial charge is 0.417 e. The van der Waals surface area contributed by atoms with Crippen LogP contribution in [0, 0.1) is 0 Å². The first kappa shape index (κ1) is 14.2. The van der Waals surface area contributed by atoms with Crippen LogP contribution in [0.15, 0.2) is 47.6 Å². The molecular weight excluding hydrogens is 295 g/mol. The Balaban J connectivity index is 2.10. The number of benzene rings is 1. The van der Waals surface area contributed by atoms with Crippen LogP contribution in [0.5, 0.6) is 0 Å². The SMILES string of the molecule is FC(F)(F)c1cnc(SCc2ccccc2)c(Cl)c1. The summed E-state index contributed by atoms with van der Waals surface area (Å²) >= 11 is 7.13. The number of aromatic nitrogens is 1. The Bertz CT molecular complexity index is 558. The van der Waals surface area contributed by atoms with E-state index in [-0.39, 0.29) is 5.02 Å². The minimum atomic E-state index is -4.42. The summed E-state index contributed by atoms with van der Waals surface area (Å²) in [7, 11) is 0. The van der Waals surface area contributed by atoms with Crippen molar-refractivity contribution in [3.8, 4) is 0 Å². The summed E-state index contributed by atoms with van der Waals surface area (Å²) in [6.07, 6.45) is -3.61. The van der Waals surface area contributed by atoms with Crippen molar-refractivity contribution in [1.29, 1.82) is 0 Å². The second-order valence-electron chi connectivity index (χ2n) is 3.78. The maximum absolute atomic E-state index is 12.4. The van der Waals surface area contributed by atoms with Crippen LogP contribution in [0.25, 0.3) is 0 Å². The van der Waals surface area contributed by atoms with E-state index in [9.17, 15) is 13.2 Å². The van der Waals surface area contributed by atoms with Crippen LogP contribution >= 0.6 is 23.4 Å². The second-order valence-corrected chi connectivity index (χ2v) is 5.15. The molecule has 0 aliphatic rings. The summed E-state index contributed by atoms with van der Waals surface area (Å²) in [5.41, 5.74) is 0.229. The van der Waals surface area contributed by atoms with Gasteiger partial charge in [0.2, 0.25) is 0 Å². The third-order valence-electron chi connectivity index (χ3n) is 2.35. The number of halogens is 4. The molecule has 0 bridgehead atoms. The number of rotatable bonds is 3. The van der Waals surface area contributed by atoms with E-state index in [0.29, 0.717) is 10.8 Å². The molecule has 1 heterocycles. The average molecular weight is 304 g/mol. The van der Waals surface area contributed by atoms with Crippen molar-refractivity contribution >= 4 is 23.4 Å². The highest BCUT2D eigenvalue weighted by atomic mass is 35.5. The molecule has 0 aliphatic carbocycles. The molecule has 1 aromatic carbocycles. The van der Waals surface area contributed by atoms with E-state index in [4.69, 9.17) is 11.6 Å². The number of hydrogen-bond acceptors (Lipinski definition) is 2. The van der Waals surface area contributed by atoms with Crippen molar-refractivity contribution in [2.45, 2.75) is 17.0 Å². The molecule has 1 nitrogen and oxygen atoms in total. The Hall–Kier alpha value is -1.20. The molecule has 2 rings (SSSR count). The fraction of sp³-hybridized carbons (Fsp3) is 0.154. The highest BCUT2D eigenvalue weighted by Crippen LogP contribution is 2.34. The van der Waals surface area contributed by atoms with Crippen molar-refractivity contribution in [2.75, 3.05) is 0 Å². The summed E-state index contributed by atoms with van der Waals surface area (Å²) in [5.74, 6) is 0.610. The van der Waals surface area contributed by atoms with Crippen LogP contribution < -0.4 is 0 Å². The average Bonchev–Trinajstić information content (AvgIpc) is 2.37. The van der Waals surface area contributed by atoms with Crippen LogP contribution in [-0.4, -0.2) is 4.98 Å². The molecule has 100 valence electrons. The topological polar surface area (TPSA) is 12.9 Å². The van der Waals surface area contributed by atoms with Gasteiger partial charge in [0.15, 0.2) is 0 Å². The minimum Gasteiger partial charge on any atom is -0.248 e. The lowest BCUT2D eigenvalue weighted by Crippen LogP contribution is -2.05. The van der Waals surface area contributed by atoms with Crippen molar-refractivity contribution in [2.24, 2.45) is 0 Å². The maximum Gasteiger partial charge on any atom is 0.417 e. The summed E-state index contributed by atoms with van der Waals surface area (Å²) in [5, 5.41) is 0.425. The van der Waals surface area contributed by atoms with Crippen LogP contribution in [0.3, 0.4) is 0 Å². The molecule has 0 spiro atoms. The monoisotopic (exact) mass is 303 g/mol. The molecule has 0 atom stereocenters. The van der Waals surface area contributed by atoms with Crippen molar-refractivity contribution in [3.05, 3.63) is 58.7 Å². The van der Waals surface area contributed by atoms with Crippen LogP contribution in [-0.2, 0) is 11.9 Å². The van der Waals surface area contributed by atoms with Crippen molar-refractivity contribution in [3.63, 3.8) is 0 Å². The first-order valence-corrected chi connectivity index (χ1v) is 6.72. The molecule has 0 saturated heterocycles. The molecule has 0 amide bonds. The predicted octanol–water partition coefficient (Wildman–Crippen LogP) is 5.05. The smallest absolute Gasteiger partial charge is 0.248 e. The van der Waals surface area contributed by atoms with Gasteiger partial charge in [-0.3, -0.25) is 0 Å². The normalized spacial score (nSPS) is 11.6. The number of alkyl halides is 3. The molecule has 0 N–H and O–H groups in total. The molecule has 2 aromatic rings. The van der Waals surface area contributed by atoms with E-state index in [1.165, 1.54) is 11.8 Å². The molecule has 0 radical (unpaired) electrons. The predicted molar refractivity (Wildman–Crippen MR) is 70.3 cm³/mol. The maximum atomic E-state index is 12.4. The second kappa shape index (κ2) is 5.84. The van der Waals surface area contributed by atoms with E-state index >= 15 is 0 Å². The quantitative estimate of drug-likeness (QED) is 0.736. The highest BCUT2D eigenvalue weighted by molar-refractivity contribution is 7.98. The summed E-state index contributed by atoms with van der Waals surface area (Å²) < 4.78 is 37.3. The van der Waals surface area contributed by atoms with Crippen LogP contribution in [0.1, 0.15) is 11.1 Å². The van der Waals surface area contributed by atoms with E-state index in [1.54, 1.807) is 0 Å². The van der Waals surface area contributed by atoms with Gasteiger partial charge < -0.3 is 0 Å². The van der Waals surface area contributed by atoms with Gasteiger partial charge in [0, 0.05) is 11.9 Å². The van der Waals surface area contributed by atoms with E-state index in [1.807, 2.05) is 30.3 Å². The van der Waals surface area contributed by atoms with Gasteiger partial charge >= 0.3 is 6.18 Å². The number of nitrogens with zero attached hydrogens (tertiary/aromatic N) is 1. The molecule has 1 aromatic heterocycles. The minimum absolute atomic E-state index is 0.0238. The Labute approximate surface area is 117 Å². The van der Waals surface area contributed by atoms with E-state index in [0.717, 1.165) is 17.8 Å². The van der Waals surface area contributed by atoms with Crippen molar-refractivity contribution in [1.82, 2.24) is 4.98 Å². The summed E-state index contributed by atoms with van der Waals surface area (Å²) in [4.78, 5) is 3.77. The summed E-state index contributed by atoms with van der Waals surface area (Å²) in [6.45, 7) is 0. The first-order valence-electron chi connectivity index (χ1n) is 5.36. The molecule has 0 aliphatic heterocycles. The van der Waals surface area contributed by atoms with Crippen LogP contribution in [0.4, 0.5) is 13.2 Å². The third-order valence-corrected chi connectivity index (χ3v) is 3.83. The van der Waals surface area contributed by atoms with Gasteiger partial charge in [-0.15, -0.1) is 11.8 Å². The fourth-order valence-electron chi connectivity index (χ4n) is 1.41. The number of hydrogen-bond donors (Lipinski definition) is 0. The molecule has 0 fully saturated rings. The van der Waals surface area contributed by atoms with Gasteiger partial charge in [-0.1, -0.05) is 41.9 Å². The third kappa shape index (κ3) is 3.88. The number of thioether (sulfide) groups is 1.